The minimum atomic E-state index is -3.45. The Kier molecular flexibility index (Phi) is 4.04. The Morgan fingerprint density at radius 1 is 1.56 bits per heavy atom. The smallest absolute Gasteiger partial charge is 0.260 e. The molecule has 102 valence electrons. The van der Waals surface area contributed by atoms with Gasteiger partial charge in [-0.25, -0.2) is 8.42 Å². The molecule has 1 aromatic heterocycles. The molecule has 0 aromatic carbocycles. The van der Waals surface area contributed by atoms with Gasteiger partial charge in [0.05, 0.1) is 6.20 Å². The first-order chi connectivity index (χ1) is 8.55. The van der Waals surface area contributed by atoms with Gasteiger partial charge < -0.3 is 5.73 Å². The summed E-state index contributed by atoms with van der Waals surface area (Å²) >= 11 is 0. The van der Waals surface area contributed by atoms with Crippen molar-refractivity contribution in [1.82, 2.24) is 14.1 Å². The molecule has 1 fully saturated rings. The average Bonchev–Trinajstić information content (AvgIpc) is 2.78. The van der Waals surface area contributed by atoms with Gasteiger partial charge in [-0.2, -0.15) is 9.40 Å². The van der Waals surface area contributed by atoms with Gasteiger partial charge in [0, 0.05) is 25.7 Å². The number of hydrogen-bond acceptors (Lipinski definition) is 4. The summed E-state index contributed by atoms with van der Waals surface area (Å²) in [6.45, 7) is 3.56. The van der Waals surface area contributed by atoms with Crippen molar-refractivity contribution in [2.24, 2.45) is 5.73 Å². The Bertz CT molecular complexity index is 497. The standard InChI is InChI=1S/C11H20N4O2S/c1-2-7-15-11(5-6-13-15)18(16,17)14-8-3-4-10(12)9-14/h5-6,10H,2-4,7-9,12H2,1H3. The fraction of sp³-hybridized carbons (Fsp3) is 0.727. The third kappa shape index (κ3) is 2.57. The van der Waals surface area contributed by atoms with Crippen LogP contribution >= 0.6 is 0 Å². The van der Waals surface area contributed by atoms with Crippen molar-refractivity contribution in [2.45, 2.75) is 43.8 Å². The fourth-order valence-corrected chi connectivity index (χ4v) is 3.90. The second-order valence-electron chi connectivity index (χ2n) is 4.66. The van der Waals surface area contributed by atoms with E-state index < -0.39 is 10.0 Å². The topological polar surface area (TPSA) is 81.2 Å². The normalized spacial score (nSPS) is 22.2. The first-order valence-corrected chi connectivity index (χ1v) is 7.77. The molecule has 0 saturated carbocycles. The molecule has 0 aliphatic carbocycles. The van der Waals surface area contributed by atoms with E-state index in [1.807, 2.05) is 6.92 Å². The second-order valence-corrected chi connectivity index (χ2v) is 6.54. The van der Waals surface area contributed by atoms with E-state index in [4.69, 9.17) is 5.73 Å². The van der Waals surface area contributed by atoms with Crippen molar-refractivity contribution in [3.63, 3.8) is 0 Å². The maximum atomic E-state index is 12.5. The molecule has 0 amide bonds. The maximum absolute atomic E-state index is 12.5. The molecule has 0 spiro atoms. The number of aryl methyl sites for hydroxylation is 1. The van der Waals surface area contributed by atoms with Gasteiger partial charge in [0.25, 0.3) is 10.0 Å². The lowest BCUT2D eigenvalue weighted by atomic mass is 10.1. The molecule has 0 bridgehead atoms. The first-order valence-electron chi connectivity index (χ1n) is 6.33. The molecule has 1 unspecified atom stereocenters. The van der Waals surface area contributed by atoms with E-state index >= 15 is 0 Å². The zero-order chi connectivity index (χ0) is 13.2. The highest BCUT2D eigenvalue weighted by Gasteiger charge is 2.31. The summed E-state index contributed by atoms with van der Waals surface area (Å²) in [4.78, 5) is 0. The van der Waals surface area contributed by atoms with Crippen molar-refractivity contribution in [2.75, 3.05) is 13.1 Å². The van der Waals surface area contributed by atoms with Crippen LogP contribution in [0.5, 0.6) is 0 Å². The number of sulfonamides is 1. The van der Waals surface area contributed by atoms with Crippen LogP contribution in [-0.4, -0.2) is 41.6 Å². The van der Waals surface area contributed by atoms with E-state index in [0.29, 0.717) is 19.6 Å². The minimum absolute atomic E-state index is 0.0592. The van der Waals surface area contributed by atoms with Gasteiger partial charge in [0.15, 0.2) is 5.03 Å². The summed E-state index contributed by atoms with van der Waals surface area (Å²) in [6, 6.07) is 1.50. The summed E-state index contributed by atoms with van der Waals surface area (Å²) in [5.41, 5.74) is 5.84. The Labute approximate surface area is 108 Å². The molecule has 2 heterocycles. The van der Waals surface area contributed by atoms with Gasteiger partial charge >= 0.3 is 0 Å². The molecule has 1 aliphatic rings. The Morgan fingerprint density at radius 2 is 2.33 bits per heavy atom. The van der Waals surface area contributed by atoms with Crippen LogP contribution in [0, 0.1) is 0 Å². The third-order valence-corrected chi connectivity index (χ3v) is 5.02. The molecule has 7 heteroatoms. The predicted molar refractivity (Wildman–Crippen MR) is 68.5 cm³/mol. The summed E-state index contributed by atoms with van der Waals surface area (Å²) in [5.74, 6) is 0. The van der Waals surface area contributed by atoms with Crippen LogP contribution in [0.25, 0.3) is 0 Å². The Balaban J connectivity index is 2.26. The molecule has 6 nitrogen and oxygen atoms in total. The SMILES string of the molecule is CCCn1nccc1S(=O)(=O)N1CCCC(N)C1. The van der Waals surface area contributed by atoms with Crippen molar-refractivity contribution < 1.29 is 8.42 Å². The molecular weight excluding hydrogens is 252 g/mol. The average molecular weight is 272 g/mol. The van der Waals surface area contributed by atoms with E-state index in [1.54, 1.807) is 10.7 Å². The zero-order valence-corrected chi connectivity index (χ0v) is 11.4. The quantitative estimate of drug-likeness (QED) is 0.860. The van der Waals surface area contributed by atoms with Crippen molar-refractivity contribution in [1.29, 1.82) is 0 Å². The molecule has 0 radical (unpaired) electrons. The van der Waals surface area contributed by atoms with Crippen LogP contribution in [0.15, 0.2) is 17.3 Å². The van der Waals surface area contributed by atoms with Gasteiger partial charge in [-0.3, -0.25) is 4.68 Å². The predicted octanol–water partition coefficient (Wildman–Crippen LogP) is 0.405. The molecule has 1 atom stereocenters. The molecule has 18 heavy (non-hydrogen) atoms. The molecule has 2 N–H and O–H groups in total. The third-order valence-electron chi connectivity index (χ3n) is 3.14. The maximum Gasteiger partial charge on any atom is 0.260 e. The monoisotopic (exact) mass is 272 g/mol. The van der Waals surface area contributed by atoms with Gasteiger partial charge in [-0.15, -0.1) is 0 Å². The van der Waals surface area contributed by atoms with Crippen LogP contribution in [-0.2, 0) is 16.6 Å². The molecule has 1 saturated heterocycles. The lowest BCUT2D eigenvalue weighted by Crippen LogP contribution is -2.46. The number of piperidine rings is 1. The Morgan fingerprint density at radius 3 is 3.00 bits per heavy atom. The van der Waals surface area contributed by atoms with Crippen LogP contribution in [0.1, 0.15) is 26.2 Å². The highest BCUT2D eigenvalue weighted by molar-refractivity contribution is 7.89. The summed E-state index contributed by atoms with van der Waals surface area (Å²) in [5, 5.41) is 4.34. The highest BCUT2D eigenvalue weighted by Crippen LogP contribution is 2.20. The number of nitrogens with zero attached hydrogens (tertiary/aromatic N) is 3. The number of hydrogen-bond donors (Lipinski definition) is 1. The van der Waals surface area contributed by atoms with Crippen LogP contribution in [0.4, 0.5) is 0 Å². The molecule has 2 rings (SSSR count). The zero-order valence-electron chi connectivity index (χ0n) is 10.6. The lowest BCUT2D eigenvalue weighted by molar-refractivity contribution is 0.313. The molecule has 1 aliphatic heterocycles. The number of rotatable bonds is 4. The summed E-state index contributed by atoms with van der Waals surface area (Å²) < 4.78 is 28.0. The van der Waals surface area contributed by atoms with Crippen molar-refractivity contribution in [3.8, 4) is 0 Å². The second kappa shape index (κ2) is 5.38. The van der Waals surface area contributed by atoms with Crippen LogP contribution in [0.2, 0.25) is 0 Å². The van der Waals surface area contributed by atoms with Gasteiger partial charge in [0.2, 0.25) is 0 Å². The Hall–Kier alpha value is -0.920. The van der Waals surface area contributed by atoms with Gasteiger partial charge in [-0.05, 0) is 25.3 Å². The van der Waals surface area contributed by atoms with E-state index in [9.17, 15) is 8.42 Å². The lowest BCUT2D eigenvalue weighted by Gasteiger charge is -2.29. The van der Waals surface area contributed by atoms with Crippen LogP contribution in [0.3, 0.4) is 0 Å². The number of aromatic nitrogens is 2. The van der Waals surface area contributed by atoms with E-state index in [-0.39, 0.29) is 11.1 Å². The minimum Gasteiger partial charge on any atom is -0.327 e. The fourth-order valence-electron chi connectivity index (χ4n) is 2.24. The van der Waals surface area contributed by atoms with E-state index in [2.05, 4.69) is 5.10 Å². The van der Waals surface area contributed by atoms with Gasteiger partial charge in [0.1, 0.15) is 0 Å². The van der Waals surface area contributed by atoms with Gasteiger partial charge in [-0.1, -0.05) is 6.92 Å². The van der Waals surface area contributed by atoms with E-state index in [1.165, 1.54) is 10.5 Å². The highest BCUT2D eigenvalue weighted by atomic mass is 32.2. The largest absolute Gasteiger partial charge is 0.327 e. The molecular formula is C11H20N4O2S. The van der Waals surface area contributed by atoms with Crippen molar-refractivity contribution >= 4 is 10.0 Å². The van der Waals surface area contributed by atoms with Crippen molar-refractivity contribution in [3.05, 3.63) is 12.3 Å². The van der Waals surface area contributed by atoms with Crippen LogP contribution < -0.4 is 5.73 Å². The molecule has 1 aromatic rings. The number of nitrogens with two attached hydrogens (primary N) is 1. The van der Waals surface area contributed by atoms with E-state index in [0.717, 1.165) is 19.3 Å². The first kappa shape index (κ1) is 13.5. The summed E-state index contributed by atoms with van der Waals surface area (Å²) in [7, 11) is -3.45. The summed E-state index contributed by atoms with van der Waals surface area (Å²) in [6.07, 6.45) is 4.10.